The van der Waals surface area contributed by atoms with Crippen LogP contribution in [0.1, 0.15) is 27.2 Å². The number of carbonyl (C=O) groups excluding carboxylic acids is 2. The van der Waals surface area contributed by atoms with Gasteiger partial charge in [0.2, 0.25) is 0 Å². The summed E-state index contributed by atoms with van der Waals surface area (Å²) in [4.78, 5) is 22.7. The summed E-state index contributed by atoms with van der Waals surface area (Å²) < 4.78 is 45.8. The van der Waals surface area contributed by atoms with E-state index in [-0.39, 0.29) is 6.10 Å². The third kappa shape index (κ3) is 9.65. The first-order valence-electron chi connectivity index (χ1n) is 6.44. The second-order valence-corrected chi connectivity index (χ2v) is 12.6. The van der Waals surface area contributed by atoms with Gasteiger partial charge in [-0.3, -0.25) is 4.79 Å². The maximum atomic E-state index is 12.4. The summed E-state index contributed by atoms with van der Waals surface area (Å²) in [6.07, 6.45) is -5.37. The van der Waals surface area contributed by atoms with Gasteiger partial charge in [0.05, 0.1) is 6.10 Å². The SMILES string of the molecule is CCCSP(=S)(NSN(C)C(=O)OC(C)C)NC(=O)C(F)(F)F. The number of hydrogen-bond donors (Lipinski definition) is 2. The van der Waals surface area contributed by atoms with Crippen LogP contribution < -0.4 is 9.58 Å². The lowest BCUT2D eigenvalue weighted by molar-refractivity contribution is -0.171. The van der Waals surface area contributed by atoms with Crippen molar-refractivity contribution in [3.05, 3.63) is 0 Å². The summed E-state index contributed by atoms with van der Waals surface area (Å²) in [5.41, 5.74) is -3.12. The fourth-order valence-corrected chi connectivity index (χ4v) is 7.01. The van der Waals surface area contributed by atoms with Gasteiger partial charge in [0.25, 0.3) is 0 Å². The Morgan fingerprint density at radius 1 is 1.39 bits per heavy atom. The molecule has 0 aromatic rings. The van der Waals surface area contributed by atoms with Crippen molar-refractivity contribution in [2.24, 2.45) is 0 Å². The molecule has 0 aromatic carbocycles. The molecule has 6 nitrogen and oxygen atoms in total. The van der Waals surface area contributed by atoms with Crippen molar-refractivity contribution < 1.29 is 27.5 Å². The van der Waals surface area contributed by atoms with Gasteiger partial charge in [-0.15, -0.1) is 0 Å². The monoisotopic (exact) mass is 413 g/mol. The molecule has 2 N–H and O–H groups in total. The summed E-state index contributed by atoms with van der Waals surface area (Å²) in [6.45, 7) is 5.15. The largest absolute Gasteiger partial charge is 0.471 e. The summed E-state index contributed by atoms with van der Waals surface area (Å²) in [5, 5.41) is 1.82. The Bertz CT molecular complexity index is 466. The Kier molecular flexibility index (Phi) is 9.90. The van der Waals surface area contributed by atoms with Crippen molar-refractivity contribution in [3.63, 3.8) is 0 Å². The highest BCUT2D eigenvalue weighted by atomic mass is 32.9. The number of rotatable bonds is 8. The summed E-state index contributed by atoms with van der Waals surface area (Å²) in [7, 11) is 1.37. The molecule has 0 aliphatic rings. The summed E-state index contributed by atoms with van der Waals surface area (Å²) in [6, 6.07) is 0. The lowest BCUT2D eigenvalue weighted by Gasteiger charge is -2.25. The third-order valence-electron chi connectivity index (χ3n) is 1.87. The van der Waals surface area contributed by atoms with E-state index in [0.29, 0.717) is 24.3 Å². The lowest BCUT2D eigenvalue weighted by Crippen LogP contribution is -2.37. The predicted molar refractivity (Wildman–Crippen MR) is 91.3 cm³/mol. The van der Waals surface area contributed by atoms with Crippen LogP contribution in [0, 0.1) is 0 Å². The standard InChI is InChI=1S/C10H19F3N3O3PS3/c1-5-6-22-20(21,14-8(17)10(11,12)13)15-23-16(4)9(18)19-7(2)3/h7H,5-6H2,1-4H3,(H2,14,15,17,21). The van der Waals surface area contributed by atoms with E-state index in [9.17, 15) is 22.8 Å². The third-order valence-corrected chi connectivity index (χ3v) is 9.51. The Labute approximate surface area is 146 Å². The van der Waals surface area contributed by atoms with Crippen molar-refractivity contribution in [2.75, 3.05) is 12.8 Å². The molecule has 0 radical (unpaired) electrons. The average molecular weight is 413 g/mol. The van der Waals surface area contributed by atoms with Crippen LogP contribution in [-0.4, -0.2) is 41.4 Å². The lowest BCUT2D eigenvalue weighted by atomic mass is 10.5. The minimum atomic E-state index is -5.02. The molecule has 0 aromatic heterocycles. The molecule has 1 atom stereocenters. The molecule has 23 heavy (non-hydrogen) atoms. The molecular formula is C10H19F3N3O3PS3. The Hall–Kier alpha value is -0.160. The van der Waals surface area contributed by atoms with Crippen LogP contribution in [-0.2, 0) is 21.3 Å². The second-order valence-electron chi connectivity index (χ2n) is 4.44. The molecule has 0 bridgehead atoms. The zero-order valence-corrected chi connectivity index (χ0v) is 16.3. The molecule has 0 rings (SSSR count). The van der Waals surface area contributed by atoms with Gasteiger partial charge in [0.15, 0.2) is 5.54 Å². The molecule has 136 valence electrons. The Morgan fingerprint density at radius 2 is 1.96 bits per heavy atom. The van der Waals surface area contributed by atoms with Gasteiger partial charge in [-0.25, -0.2) is 9.10 Å². The molecular weight excluding hydrogens is 394 g/mol. The maximum absolute atomic E-state index is 12.4. The van der Waals surface area contributed by atoms with Crippen LogP contribution in [0.15, 0.2) is 0 Å². The minimum absolute atomic E-state index is 0.340. The highest BCUT2D eigenvalue weighted by Gasteiger charge is 2.41. The summed E-state index contributed by atoms with van der Waals surface area (Å²) >= 11 is 6.84. The van der Waals surface area contributed by atoms with Crippen molar-refractivity contribution in [1.29, 1.82) is 0 Å². The quantitative estimate of drug-likeness (QED) is 0.465. The number of halogens is 3. The highest BCUT2D eigenvalue weighted by Crippen LogP contribution is 2.53. The number of carbonyl (C=O) groups is 2. The second kappa shape index (κ2) is 9.97. The first-order chi connectivity index (χ1) is 10.4. The normalized spacial score (nSPS) is 14.3. The van der Waals surface area contributed by atoms with Gasteiger partial charge in [-0.1, -0.05) is 18.3 Å². The summed E-state index contributed by atoms with van der Waals surface area (Å²) in [5.74, 6) is -1.65. The smallest absolute Gasteiger partial charge is 0.446 e. The van der Waals surface area contributed by atoms with Crippen LogP contribution >= 0.6 is 29.1 Å². The van der Waals surface area contributed by atoms with E-state index in [2.05, 4.69) is 4.49 Å². The van der Waals surface area contributed by atoms with Crippen LogP contribution in [0.4, 0.5) is 18.0 Å². The van der Waals surface area contributed by atoms with Crippen molar-refractivity contribution in [2.45, 2.75) is 39.5 Å². The van der Waals surface area contributed by atoms with Crippen LogP contribution in [0.3, 0.4) is 0 Å². The predicted octanol–water partition coefficient (Wildman–Crippen LogP) is 3.66. The number of hydrogen-bond acceptors (Lipinski definition) is 6. The van der Waals surface area contributed by atoms with Gasteiger partial charge < -0.3 is 9.82 Å². The minimum Gasteiger partial charge on any atom is -0.446 e. The van der Waals surface area contributed by atoms with Crippen LogP contribution in [0.25, 0.3) is 0 Å². The molecule has 13 heteroatoms. The molecule has 0 aliphatic carbocycles. The number of ether oxygens (including phenoxy) is 1. The average Bonchev–Trinajstić information content (AvgIpc) is 2.41. The van der Waals surface area contributed by atoms with Gasteiger partial charge in [0, 0.05) is 24.9 Å². The van der Waals surface area contributed by atoms with E-state index in [4.69, 9.17) is 16.5 Å². The van der Waals surface area contributed by atoms with Gasteiger partial charge in [-0.05, 0) is 32.1 Å². The molecule has 0 fully saturated rings. The zero-order chi connectivity index (χ0) is 18.3. The van der Waals surface area contributed by atoms with Crippen molar-refractivity contribution >= 4 is 52.9 Å². The van der Waals surface area contributed by atoms with Crippen LogP contribution in [0.5, 0.6) is 0 Å². The zero-order valence-electron chi connectivity index (χ0n) is 13.0. The van der Waals surface area contributed by atoms with Crippen molar-refractivity contribution in [1.82, 2.24) is 13.9 Å². The van der Waals surface area contributed by atoms with Gasteiger partial charge >= 0.3 is 18.2 Å². The topological polar surface area (TPSA) is 70.7 Å². The van der Waals surface area contributed by atoms with Crippen molar-refractivity contribution in [3.8, 4) is 0 Å². The van der Waals surface area contributed by atoms with Gasteiger partial charge in [-0.2, -0.15) is 17.7 Å². The van der Waals surface area contributed by atoms with E-state index < -0.39 is 23.7 Å². The fourth-order valence-electron chi connectivity index (χ4n) is 0.926. The van der Waals surface area contributed by atoms with E-state index in [1.165, 1.54) is 7.05 Å². The van der Waals surface area contributed by atoms with E-state index in [1.807, 2.05) is 12.0 Å². The fraction of sp³-hybridized carbons (Fsp3) is 0.800. The maximum Gasteiger partial charge on any atom is 0.471 e. The number of alkyl halides is 3. The number of nitrogens with zero attached hydrogens (tertiary/aromatic N) is 1. The molecule has 0 heterocycles. The van der Waals surface area contributed by atoms with Gasteiger partial charge in [0.1, 0.15) is 0 Å². The highest BCUT2D eigenvalue weighted by molar-refractivity contribution is 8.70. The van der Waals surface area contributed by atoms with Crippen LogP contribution in [0.2, 0.25) is 0 Å². The number of amides is 2. The first-order valence-corrected chi connectivity index (χ1v) is 11.6. The molecule has 0 aliphatic heterocycles. The van der Waals surface area contributed by atoms with E-state index in [1.54, 1.807) is 13.8 Å². The molecule has 0 spiro atoms. The van der Waals surface area contributed by atoms with E-state index in [0.717, 1.165) is 15.7 Å². The Balaban J connectivity index is 4.81. The molecule has 0 saturated heterocycles. The first kappa shape index (κ1) is 22.8. The Morgan fingerprint density at radius 3 is 2.39 bits per heavy atom. The molecule has 2 amide bonds. The number of nitrogens with one attached hydrogen (secondary N) is 2. The molecule has 0 saturated carbocycles. The van der Waals surface area contributed by atoms with E-state index >= 15 is 0 Å². The molecule has 1 unspecified atom stereocenters.